The Morgan fingerprint density at radius 3 is 2.78 bits per heavy atom. The fourth-order valence-electron chi connectivity index (χ4n) is 1.88. The first kappa shape index (κ1) is 14.3. The molecule has 1 aliphatic rings. The monoisotopic (exact) mass is 254 g/mol. The lowest BCUT2D eigenvalue weighted by Crippen LogP contribution is -2.46. The average Bonchev–Trinajstić information content (AvgIpc) is 2.79. The van der Waals surface area contributed by atoms with Gasteiger partial charge in [0.05, 0.1) is 12.6 Å². The second-order valence-corrected chi connectivity index (χ2v) is 4.25. The summed E-state index contributed by atoms with van der Waals surface area (Å²) >= 11 is 0. The number of ether oxygens (including phenoxy) is 1. The van der Waals surface area contributed by atoms with Gasteiger partial charge in [-0.25, -0.2) is 4.79 Å². The zero-order valence-corrected chi connectivity index (χ0v) is 10.5. The molecule has 1 unspecified atom stereocenters. The van der Waals surface area contributed by atoms with Crippen molar-refractivity contribution < 1.29 is 19.4 Å². The van der Waals surface area contributed by atoms with E-state index in [0.717, 1.165) is 24.3 Å². The molecule has 1 fully saturated rings. The third-order valence-electron chi connectivity index (χ3n) is 2.71. The summed E-state index contributed by atoms with van der Waals surface area (Å²) in [5.41, 5.74) is 0. The maximum atomic E-state index is 12.0. The number of likely N-dealkylation sites (N-methyl/N-ethyl adjacent to an activating group) is 1. The largest absolute Gasteiger partial charge is 0.480 e. The third kappa shape index (κ3) is 4.26. The smallest absolute Gasteiger partial charge is 0.323 e. The zero-order valence-electron chi connectivity index (χ0n) is 10.5. The first-order valence-electron chi connectivity index (χ1n) is 5.81. The normalized spacial score (nSPS) is 18.1. The second kappa shape index (κ2) is 6.87. The summed E-state index contributed by atoms with van der Waals surface area (Å²) in [5, 5.41) is 8.72. The van der Waals surface area contributed by atoms with Crippen LogP contribution in [0.1, 0.15) is 12.8 Å². The van der Waals surface area contributed by atoms with Crippen LogP contribution in [0.25, 0.3) is 0 Å². The van der Waals surface area contributed by atoms with E-state index in [4.69, 9.17) is 16.3 Å². The molecule has 0 radical (unpaired) electrons. The van der Waals surface area contributed by atoms with Gasteiger partial charge in [0.25, 0.3) is 0 Å². The predicted octanol–water partition coefficient (Wildman–Crippen LogP) is 0.237. The number of nitrogens with zero attached hydrogens (tertiary/aromatic N) is 2. The Bertz CT molecular complexity index is 344. The highest BCUT2D eigenvalue weighted by Crippen LogP contribution is 2.13. The lowest BCUT2D eigenvalue weighted by atomic mass is 10.2. The highest BCUT2D eigenvalue weighted by Gasteiger charge is 2.24. The first-order valence-corrected chi connectivity index (χ1v) is 5.81. The topological polar surface area (TPSA) is 70.1 Å². The summed E-state index contributed by atoms with van der Waals surface area (Å²) < 4.78 is 5.43. The number of amides is 2. The molecule has 1 N–H and O–H groups in total. The third-order valence-corrected chi connectivity index (χ3v) is 2.71. The molecule has 0 spiro atoms. The molecule has 0 aromatic heterocycles. The van der Waals surface area contributed by atoms with Crippen molar-refractivity contribution in [1.29, 1.82) is 0 Å². The van der Waals surface area contributed by atoms with Crippen LogP contribution in [0, 0.1) is 12.3 Å². The van der Waals surface area contributed by atoms with Gasteiger partial charge in [0.2, 0.25) is 0 Å². The van der Waals surface area contributed by atoms with Crippen LogP contribution < -0.4 is 0 Å². The van der Waals surface area contributed by atoms with E-state index in [1.807, 2.05) is 0 Å². The number of carbonyl (C=O) groups is 2. The minimum absolute atomic E-state index is 0.0129. The van der Waals surface area contributed by atoms with Gasteiger partial charge < -0.3 is 19.6 Å². The number of carboxylic acids is 1. The van der Waals surface area contributed by atoms with Crippen LogP contribution in [-0.4, -0.2) is 66.3 Å². The molecule has 1 heterocycles. The minimum atomic E-state index is -1.08. The van der Waals surface area contributed by atoms with E-state index in [-0.39, 0.29) is 25.2 Å². The summed E-state index contributed by atoms with van der Waals surface area (Å²) in [6.07, 6.45) is 7.08. The van der Waals surface area contributed by atoms with Crippen molar-refractivity contribution in [2.24, 2.45) is 0 Å². The molecule has 0 aromatic rings. The predicted molar refractivity (Wildman–Crippen MR) is 65.0 cm³/mol. The van der Waals surface area contributed by atoms with Crippen LogP contribution in [0.3, 0.4) is 0 Å². The number of terminal acetylenes is 1. The molecule has 100 valence electrons. The van der Waals surface area contributed by atoms with Crippen molar-refractivity contribution in [3.63, 3.8) is 0 Å². The van der Waals surface area contributed by atoms with E-state index in [1.165, 1.54) is 4.90 Å². The molecule has 0 aliphatic carbocycles. The number of urea groups is 1. The molecule has 6 nitrogen and oxygen atoms in total. The van der Waals surface area contributed by atoms with Gasteiger partial charge in [-0.15, -0.1) is 6.42 Å². The van der Waals surface area contributed by atoms with Crippen LogP contribution in [-0.2, 0) is 9.53 Å². The quantitative estimate of drug-likeness (QED) is 0.713. The van der Waals surface area contributed by atoms with E-state index >= 15 is 0 Å². The standard InChI is InChI=1S/C12H18N2O4/c1-3-6-14(9-11(15)16)12(17)13(2)8-10-5-4-7-18-10/h1,10H,4-9H2,2H3,(H,15,16). The highest BCUT2D eigenvalue weighted by molar-refractivity contribution is 5.80. The molecular weight excluding hydrogens is 236 g/mol. The lowest BCUT2D eigenvalue weighted by molar-refractivity contribution is -0.137. The number of aliphatic carboxylic acids is 1. The first-order chi connectivity index (χ1) is 8.54. The Morgan fingerprint density at radius 2 is 2.28 bits per heavy atom. The molecule has 1 aliphatic heterocycles. The maximum Gasteiger partial charge on any atom is 0.323 e. The van der Waals surface area contributed by atoms with Gasteiger partial charge >= 0.3 is 12.0 Å². The van der Waals surface area contributed by atoms with E-state index in [9.17, 15) is 9.59 Å². The van der Waals surface area contributed by atoms with Gasteiger partial charge in [-0.05, 0) is 12.8 Å². The van der Waals surface area contributed by atoms with Crippen LogP contribution >= 0.6 is 0 Å². The Morgan fingerprint density at radius 1 is 1.56 bits per heavy atom. The van der Waals surface area contributed by atoms with Crippen LogP contribution in [0.15, 0.2) is 0 Å². The molecule has 6 heteroatoms. The Kier molecular flexibility index (Phi) is 5.46. The zero-order chi connectivity index (χ0) is 13.5. The van der Waals surface area contributed by atoms with Gasteiger partial charge in [0, 0.05) is 20.2 Å². The van der Waals surface area contributed by atoms with Crippen molar-refractivity contribution >= 4 is 12.0 Å². The Hall–Kier alpha value is -1.74. The van der Waals surface area contributed by atoms with Gasteiger partial charge in [0.15, 0.2) is 0 Å². The van der Waals surface area contributed by atoms with Crippen LogP contribution in [0.4, 0.5) is 4.79 Å². The van der Waals surface area contributed by atoms with Gasteiger partial charge in [-0.2, -0.15) is 0 Å². The molecule has 1 atom stereocenters. The van der Waals surface area contributed by atoms with E-state index < -0.39 is 5.97 Å². The van der Waals surface area contributed by atoms with Crippen LogP contribution in [0.2, 0.25) is 0 Å². The number of hydrogen-bond acceptors (Lipinski definition) is 3. The van der Waals surface area contributed by atoms with E-state index in [0.29, 0.717) is 6.54 Å². The minimum Gasteiger partial charge on any atom is -0.480 e. The summed E-state index contributed by atoms with van der Waals surface area (Å²) in [6, 6.07) is -0.383. The molecule has 0 aromatic carbocycles. The number of rotatable bonds is 5. The van der Waals surface area contributed by atoms with Crippen molar-refractivity contribution in [3.05, 3.63) is 0 Å². The molecule has 1 saturated heterocycles. The summed E-state index contributed by atoms with van der Waals surface area (Å²) in [5.74, 6) is 1.21. The fraction of sp³-hybridized carbons (Fsp3) is 0.667. The molecule has 18 heavy (non-hydrogen) atoms. The number of hydrogen-bond donors (Lipinski definition) is 1. The van der Waals surface area contributed by atoms with Gasteiger partial charge in [-0.1, -0.05) is 5.92 Å². The summed E-state index contributed by atoms with van der Waals surface area (Å²) in [4.78, 5) is 25.2. The lowest BCUT2D eigenvalue weighted by Gasteiger charge is -2.27. The van der Waals surface area contributed by atoms with E-state index in [2.05, 4.69) is 5.92 Å². The van der Waals surface area contributed by atoms with Crippen molar-refractivity contribution in [2.45, 2.75) is 18.9 Å². The van der Waals surface area contributed by atoms with Gasteiger partial charge in [-0.3, -0.25) is 4.79 Å². The molecule has 2 amide bonds. The molecule has 0 saturated carbocycles. The van der Waals surface area contributed by atoms with Crippen molar-refractivity contribution in [1.82, 2.24) is 9.80 Å². The average molecular weight is 254 g/mol. The second-order valence-electron chi connectivity index (χ2n) is 4.25. The SMILES string of the molecule is C#CCN(CC(=O)O)C(=O)N(C)CC1CCCO1. The molecule has 0 bridgehead atoms. The highest BCUT2D eigenvalue weighted by atomic mass is 16.5. The number of carboxylic acid groups (broad SMARTS) is 1. The summed E-state index contributed by atoms with van der Waals surface area (Å²) in [6.45, 7) is 0.773. The molecular formula is C12H18N2O4. The maximum absolute atomic E-state index is 12.0. The Balaban J connectivity index is 2.52. The Labute approximate surface area is 106 Å². The fourth-order valence-corrected chi connectivity index (χ4v) is 1.88. The van der Waals surface area contributed by atoms with Crippen LogP contribution in [0.5, 0.6) is 0 Å². The van der Waals surface area contributed by atoms with Gasteiger partial charge in [0.1, 0.15) is 6.54 Å². The number of carbonyl (C=O) groups excluding carboxylic acids is 1. The van der Waals surface area contributed by atoms with E-state index in [1.54, 1.807) is 7.05 Å². The summed E-state index contributed by atoms with van der Waals surface area (Å²) in [7, 11) is 1.62. The van der Waals surface area contributed by atoms with Crippen molar-refractivity contribution in [2.75, 3.05) is 33.3 Å². The molecule has 1 rings (SSSR count). The van der Waals surface area contributed by atoms with Crippen molar-refractivity contribution in [3.8, 4) is 12.3 Å².